The van der Waals surface area contributed by atoms with Gasteiger partial charge in [0.05, 0.1) is 26.2 Å². The molecule has 2 aromatic carbocycles. The number of fused-ring (bicyclic) bond motifs is 5. The van der Waals surface area contributed by atoms with Gasteiger partial charge < -0.3 is 14.4 Å². The van der Waals surface area contributed by atoms with Crippen molar-refractivity contribution >= 4 is 17.8 Å². The summed E-state index contributed by atoms with van der Waals surface area (Å²) in [6.07, 6.45) is 0.507. The Hall–Kier alpha value is -3.15. The van der Waals surface area contributed by atoms with Crippen LogP contribution in [0, 0.1) is 6.92 Å². The van der Waals surface area contributed by atoms with Crippen LogP contribution in [0.25, 0.3) is 0 Å². The molecule has 0 spiro atoms. The molecule has 30 heavy (non-hydrogen) atoms. The summed E-state index contributed by atoms with van der Waals surface area (Å²) in [6.45, 7) is 4.21. The molecular formula is C24H25NO5. The number of hydrogen-bond donors (Lipinski definition) is 0. The van der Waals surface area contributed by atoms with E-state index in [4.69, 9.17) is 9.47 Å². The summed E-state index contributed by atoms with van der Waals surface area (Å²) in [7, 11) is 1.33. The molecule has 2 aromatic rings. The maximum Gasteiger partial charge on any atom is 0.319 e. The number of amides is 1. The van der Waals surface area contributed by atoms with E-state index >= 15 is 0 Å². The van der Waals surface area contributed by atoms with Crippen LogP contribution in [-0.2, 0) is 30.9 Å². The summed E-state index contributed by atoms with van der Waals surface area (Å²) in [5.41, 5.74) is 3.19. The largest absolute Gasteiger partial charge is 0.469 e. The minimum atomic E-state index is -1.03. The first-order chi connectivity index (χ1) is 14.4. The number of carbonyl (C=O) groups excluding carboxylic acids is 3. The number of methoxy groups -OCH3 is 1. The van der Waals surface area contributed by atoms with Crippen molar-refractivity contribution in [1.29, 1.82) is 0 Å². The lowest BCUT2D eigenvalue weighted by atomic mass is 9.69. The van der Waals surface area contributed by atoms with Gasteiger partial charge in [-0.25, -0.2) is 0 Å². The second-order valence-electron chi connectivity index (χ2n) is 7.84. The van der Waals surface area contributed by atoms with Crippen molar-refractivity contribution in [2.24, 2.45) is 0 Å². The van der Waals surface area contributed by atoms with Crippen molar-refractivity contribution in [3.05, 3.63) is 70.3 Å². The molecule has 1 aliphatic carbocycles. The van der Waals surface area contributed by atoms with E-state index in [1.54, 1.807) is 24.0 Å². The molecular weight excluding hydrogens is 382 g/mol. The zero-order valence-corrected chi connectivity index (χ0v) is 17.4. The van der Waals surface area contributed by atoms with Crippen LogP contribution in [0.15, 0.2) is 42.5 Å². The molecule has 6 nitrogen and oxygen atoms in total. The van der Waals surface area contributed by atoms with Crippen LogP contribution in [0.5, 0.6) is 0 Å². The van der Waals surface area contributed by atoms with Crippen LogP contribution in [0.4, 0.5) is 0 Å². The van der Waals surface area contributed by atoms with Gasteiger partial charge in [-0.05, 0) is 43.0 Å². The number of ether oxygens (including phenoxy) is 2. The van der Waals surface area contributed by atoms with Crippen molar-refractivity contribution in [2.75, 3.05) is 20.3 Å². The maximum absolute atomic E-state index is 13.5. The van der Waals surface area contributed by atoms with Gasteiger partial charge in [0.25, 0.3) is 5.91 Å². The summed E-state index contributed by atoms with van der Waals surface area (Å²) >= 11 is 0. The molecule has 2 atom stereocenters. The van der Waals surface area contributed by atoms with E-state index in [1.165, 1.54) is 7.11 Å². The molecule has 1 amide bonds. The van der Waals surface area contributed by atoms with Crippen LogP contribution in [0.3, 0.4) is 0 Å². The van der Waals surface area contributed by atoms with Crippen LogP contribution in [0.1, 0.15) is 52.0 Å². The number of hydrogen-bond acceptors (Lipinski definition) is 5. The average Bonchev–Trinajstić information content (AvgIpc) is 3.09. The molecule has 2 aliphatic rings. The van der Waals surface area contributed by atoms with Gasteiger partial charge in [0.2, 0.25) is 0 Å². The van der Waals surface area contributed by atoms with E-state index in [9.17, 15) is 14.4 Å². The van der Waals surface area contributed by atoms with Crippen LogP contribution in [0.2, 0.25) is 0 Å². The predicted molar refractivity (Wildman–Crippen MR) is 110 cm³/mol. The third kappa shape index (κ3) is 2.90. The number of carbonyl (C=O) groups is 3. The summed E-state index contributed by atoms with van der Waals surface area (Å²) < 4.78 is 10.4. The maximum atomic E-state index is 13.5. The normalized spacial score (nSPS) is 21.5. The number of benzene rings is 2. The molecule has 0 saturated carbocycles. The van der Waals surface area contributed by atoms with Crippen LogP contribution < -0.4 is 0 Å². The minimum absolute atomic E-state index is 0.0566. The number of nitrogens with zero attached hydrogens (tertiary/aromatic N) is 1. The van der Waals surface area contributed by atoms with Crippen LogP contribution in [-0.4, -0.2) is 43.0 Å². The molecule has 0 fully saturated rings. The van der Waals surface area contributed by atoms with Gasteiger partial charge in [-0.15, -0.1) is 0 Å². The summed E-state index contributed by atoms with van der Waals surface area (Å²) in [6, 6.07) is 12.8. The number of esters is 2. The molecule has 0 aromatic heterocycles. The van der Waals surface area contributed by atoms with Crippen LogP contribution >= 0.6 is 0 Å². The van der Waals surface area contributed by atoms with Crippen molar-refractivity contribution in [2.45, 2.75) is 38.1 Å². The summed E-state index contributed by atoms with van der Waals surface area (Å²) in [4.78, 5) is 40.5. The SMILES string of the molecule is CCOC(=O)[C@]12Cc3cc(C)ccc3[C@H]1N(CCC(=O)OC)C(=O)c1ccccc12. The topological polar surface area (TPSA) is 72.9 Å². The van der Waals surface area contributed by atoms with Crippen molar-refractivity contribution in [3.8, 4) is 0 Å². The minimum Gasteiger partial charge on any atom is -0.469 e. The highest BCUT2D eigenvalue weighted by molar-refractivity contribution is 6.03. The van der Waals surface area contributed by atoms with Gasteiger partial charge >= 0.3 is 11.9 Å². The average molecular weight is 407 g/mol. The Morgan fingerprint density at radius 1 is 1.20 bits per heavy atom. The fraction of sp³-hybridized carbons (Fsp3) is 0.375. The standard InChI is InChI=1S/C24H25NO5/c1-4-30-23(28)24-14-16-13-15(2)9-10-17(16)21(24)25(12-11-20(26)29-3)22(27)18-7-5-6-8-19(18)24/h5-10,13,21H,4,11-12,14H2,1-3H3/t21-,24+/m1/s1. The van der Waals surface area contributed by atoms with Crippen molar-refractivity contribution < 1.29 is 23.9 Å². The van der Waals surface area contributed by atoms with Gasteiger partial charge in [-0.3, -0.25) is 14.4 Å². The number of aryl methyl sites for hydroxylation is 1. The zero-order valence-electron chi connectivity index (χ0n) is 17.4. The van der Waals surface area contributed by atoms with E-state index in [2.05, 4.69) is 6.07 Å². The van der Waals surface area contributed by atoms with E-state index in [0.717, 1.165) is 16.7 Å². The smallest absolute Gasteiger partial charge is 0.319 e. The summed E-state index contributed by atoms with van der Waals surface area (Å²) in [5, 5.41) is 0. The Balaban J connectivity index is 1.94. The highest BCUT2D eigenvalue weighted by Crippen LogP contribution is 2.55. The first-order valence-corrected chi connectivity index (χ1v) is 10.2. The van der Waals surface area contributed by atoms with Crippen molar-refractivity contribution in [1.82, 2.24) is 4.90 Å². The van der Waals surface area contributed by atoms with E-state index in [-0.39, 0.29) is 31.4 Å². The van der Waals surface area contributed by atoms with Gasteiger partial charge in [-0.1, -0.05) is 42.0 Å². The molecule has 1 aliphatic heterocycles. The molecule has 1 heterocycles. The van der Waals surface area contributed by atoms with E-state index in [1.807, 2.05) is 31.2 Å². The van der Waals surface area contributed by atoms with E-state index < -0.39 is 17.4 Å². The second-order valence-corrected chi connectivity index (χ2v) is 7.84. The Morgan fingerprint density at radius 3 is 2.70 bits per heavy atom. The Kier molecular flexibility index (Phi) is 5.10. The van der Waals surface area contributed by atoms with Gasteiger partial charge in [0.15, 0.2) is 0 Å². The lowest BCUT2D eigenvalue weighted by Crippen LogP contribution is -2.55. The predicted octanol–water partition coefficient (Wildman–Crippen LogP) is 3.11. The van der Waals surface area contributed by atoms with Gasteiger partial charge in [0.1, 0.15) is 5.41 Å². The highest BCUT2D eigenvalue weighted by Gasteiger charge is 2.60. The first-order valence-electron chi connectivity index (χ1n) is 10.2. The lowest BCUT2D eigenvalue weighted by Gasteiger charge is -2.45. The quantitative estimate of drug-likeness (QED) is 0.712. The molecule has 0 radical (unpaired) electrons. The Morgan fingerprint density at radius 2 is 1.97 bits per heavy atom. The Bertz CT molecular complexity index is 1030. The number of rotatable bonds is 5. The molecule has 6 heteroatoms. The molecule has 0 bridgehead atoms. The van der Waals surface area contributed by atoms with Crippen molar-refractivity contribution in [3.63, 3.8) is 0 Å². The third-order valence-corrected chi connectivity index (χ3v) is 6.16. The van der Waals surface area contributed by atoms with Gasteiger partial charge in [0, 0.05) is 12.1 Å². The van der Waals surface area contributed by atoms with Gasteiger partial charge in [-0.2, -0.15) is 0 Å². The molecule has 4 rings (SSSR count). The third-order valence-electron chi connectivity index (χ3n) is 6.16. The Labute approximate surface area is 175 Å². The van der Waals surface area contributed by atoms with E-state index in [0.29, 0.717) is 17.5 Å². The molecule has 156 valence electrons. The fourth-order valence-corrected chi connectivity index (χ4v) is 4.92. The first kappa shape index (κ1) is 20.1. The monoisotopic (exact) mass is 407 g/mol. The fourth-order valence-electron chi connectivity index (χ4n) is 4.92. The molecule has 0 saturated heterocycles. The second kappa shape index (κ2) is 7.59. The lowest BCUT2D eigenvalue weighted by molar-refractivity contribution is -0.153. The zero-order chi connectivity index (χ0) is 21.5. The highest BCUT2D eigenvalue weighted by atomic mass is 16.5. The molecule has 0 N–H and O–H groups in total. The summed E-state index contributed by atoms with van der Waals surface area (Å²) in [5.74, 6) is -0.926. The molecule has 0 unspecified atom stereocenters.